The normalized spacial score (nSPS) is 31.5. The average Bonchev–Trinajstić information content (AvgIpc) is 2.34. The van der Waals surface area contributed by atoms with E-state index in [-0.39, 0.29) is 17.9 Å². The minimum Gasteiger partial charge on any atom is -0.466 e. The second-order valence-corrected chi connectivity index (χ2v) is 5.63. The van der Waals surface area contributed by atoms with E-state index in [1.807, 2.05) is 20.8 Å². The predicted molar refractivity (Wildman–Crippen MR) is 63.2 cm³/mol. The fraction of sp³-hybridized carbons (Fsp3) is 0.846. The van der Waals surface area contributed by atoms with E-state index in [0.29, 0.717) is 6.61 Å². The van der Waals surface area contributed by atoms with Crippen molar-refractivity contribution in [3.05, 3.63) is 0 Å². The maximum atomic E-state index is 12.1. The Balaban J connectivity index is 3.17. The summed E-state index contributed by atoms with van der Waals surface area (Å²) in [6.07, 6.45) is 0. The Labute approximate surface area is 103 Å². The van der Waals surface area contributed by atoms with Crippen LogP contribution < -0.4 is 0 Å². The Bertz CT molecular complexity index is 332. The van der Waals surface area contributed by atoms with Crippen LogP contribution >= 0.6 is 0 Å². The summed E-state index contributed by atoms with van der Waals surface area (Å²) in [5, 5.41) is 0. The van der Waals surface area contributed by atoms with Crippen molar-refractivity contribution >= 4 is 11.9 Å². The van der Waals surface area contributed by atoms with Crippen LogP contribution in [0.5, 0.6) is 0 Å². The number of hydrogen-bond donors (Lipinski definition) is 0. The highest BCUT2D eigenvalue weighted by Crippen LogP contribution is 2.49. The van der Waals surface area contributed by atoms with Crippen molar-refractivity contribution in [2.75, 3.05) is 6.61 Å². The molecule has 4 nitrogen and oxygen atoms in total. The molecule has 1 aliphatic rings. The van der Waals surface area contributed by atoms with Crippen LogP contribution in [0.1, 0.15) is 41.5 Å². The fourth-order valence-corrected chi connectivity index (χ4v) is 2.43. The van der Waals surface area contributed by atoms with Crippen LogP contribution in [-0.2, 0) is 19.1 Å². The van der Waals surface area contributed by atoms with E-state index in [0.717, 1.165) is 0 Å². The number of carbonyl (C=O) groups is 2. The third-order valence-electron chi connectivity index (χ3n) is 3.80. The van der Waals surface area contributed by atoms with E-state index in [2.05, 4.69) is 0 Å². The predicted octanol–water partition coefficient (Wildman–Crippen LogP) is 2.16. The van der Waals surface area contributed by atoms with Gasteiger partial charge < -0.3 is 9.47 Å². The van der Waals surface area contributed by atoms with Gasteiger partial charge in [-0.2, -0.15) is 0 Å². The van der Waals surface area contributed by atoms with Gasteiger partial charge in [-0.1, -0.05) is 13.8 Å². The van der Waals surface area contributed by atoms with Gasteiger partial charge in [-0.25, -0.2) is 0 Å². The van der Waals surface area contributed by atoms with Crippen molar-refractivity contribution in [2.45, 2.75) is 47.1 Å². The summed E-state index contributed by atoms with van der Waals surface area (Å²) < 4.78 is 10.6. The number of ether oxygens (including phenoxy) is 2. The minimum absolute atomic E-state index is 0.0580. The average molecular weight is 242 g/mol. The van der Waals surface area contributed by atoms with Gasteiger partial charge >= 0.3 is 11.9 Å². The lowest BCUT2D eigenvalue weighted by Gasteiger charge is -2.34. The number of esters is 2. The zero-order chi connectivity index (χ0) is 13.4. The summed E-state index contributed by atoms with van der Waals surface area (Å²) in [5.41, 5.74) is -1.61. The summed E-state index contributed by atoms with van der Waals surface area (Å²) in [4.78, 5) is 24.0. The smallest absolute Gasteiger partial charge is 0.314 e. The van der Waals surface area contributed by atoms with Crippen LogP contribution in [0.25, 0.3) is 0 Å². The molecule has 98 valence electrons. The summed E-state index contributed by atoms with van der Waals surface area (Å²) in [6, 6.07) is 0. The lowest BCUT2D eigenvalue weighted by molar-refractivity contribution is -0.160. The van der Waals surface area contributed by atoms with E-state index in [4.69, 9.17) is 9.47 Å². The second-order valence-electron chi connectivity index (χ2n) is 5.63. The highest BCUT2D eigenvalue weighted by molar-refractivity contribution is 5.89. The monoisotopic (exact) mass is 242 g/mol. The molecule has 1 aliphatic heterocycles. The molecule has 0 unspecified atom stereocenters. The molecule has 0 spiro atoms. The molecular weight excluding hydrogens is 220 g/mol. The molecule has 0 aliphatic carbocycles. The highest BCUT2D eigenvalue weighted by Gasteiger charge is 2.63. The molecule has 0 bridgehead atoms. The quantitative estimate of drug-likeness (QED) is 0.712. The van der Waals surface area contributed by atoms with Crippen molar-refractivity contribution in [1.29, 1.82) is 0 Å². The van der Waals surface area contributed by atoms with Gasteiger partial charge in [-0.15, -0.1) is 0 Å². The molecule has 0 N–H and O–H groups in total. The van der Waals surface area contributed by atoms with Crippen LogP contribution in [0.4, 0.5) is 0 Å². The van der Waals surface area contributed by atoms with Gasteiger partial charge in [0.15, 0.2) is 0 Å². The molecule has 1 saturated heterocycles. The molecule has 0 aromatic heterocycles. The summed E-state index contributed by atoms with van der Waals surface area (Å²) in [6.45, 7) is 11.3. The maximum Gasteiger partial charge on any atom is 0.314 e. The van der Waals surface area contributed by atoms with E-state index in [1.54, 1.807) is 20.8 Å². The standard InChI is InChI=1S/C13H22O4/c1-7-16-10(14)9-12(4,5)11(15)17-13(9,6)8(2)3/h8-9H,7H2,1-6H3/t9-,13+/m0/s1. The van der Waals surface area contributed by atoms with Crippen molar-refractivity contribution in [3.63, 3.8) is 0 Å². The number of rotatable bonds is 3. The van der Waals surface area contributed by atoms with Gasteiger partial charge in [0, 0.05) is 0 Å². The first-order valence-corrected chi connectivity index (χ1v) is 6.08. The van der Waals surface area contributed by atoms with E-state index in [9.17, 15) is 9.59 Å². The highest BCUT2D eigenvalue weighted by atomic mass is 16.6. The number of cyclic esters (lactones) is 1. The van der Waals surface area contributed by atoms with Crippen LogP contribution in [0, 0.1) is 17.3 Å². The Kier molecular flexibility index (Phi) is 3.55. The molecule has 0 aromatic carbocycles. The summed E-state index contributed by atoms with van der Waals surface area (Å²) in [5.74, 6) is -1.17. The first-order chi connectivity index (χ1) is 7.67. The number of hydrogen-bond acceptors (Lipinski definition) is 4. The molecular formula is C13H22O4. The van der Waals surface area contributed by atoms with Crippen LogP contribution in [0.3, 0.4) is 0 Å². The first-order valence-electron chi connectivity index (χ1n) is 6.08. The topological polar surface area (TPSA) is 52.6 Å². The summed E-state index contributed by atoms with van der Waals surface area (Å²) >= 11 is 0. The molecule has 1 heterocycles. The molecule has 0 saturated carbocycles. The third-order valence-corrected chi connectivity index (χ3v) is 3.80. The molecule has 1 fully saturated rings. The van der Waals surface area contributed by atoms with Crippen molar-refractivity contribution in [3.8, 4) is 0 Å². The summed E-state index contributed by atoms with van der Waals surface area (Å²) in [7, 11) is 0. The molecule has 0 aromatic rings. The van der Waals surface area contributed by atoms with Gasteiger partial charge in [0.25, 0.3) is 0 Å². The van der Waals surface area contributed by atoms with Crippen molar-refractivity contribution < 1.29 is 19.1 Å². The van der Waals surface area contributed by atoms with Crippen LogP contribution in [-0.4, -0.2) is 24.1 Å². The van der Waals surface area contributed by atoms with Crippen molar-refractivity contribution in [1.82, 2.24) is 0 Å². The van der Waals surface area contributed by atoms with E-state index in [1.165, 1.54) is 0 Å². The molecule has 17 heavy (non-hydrogen) atoms. The van der Waals surface area contributed by atoms with Gasteiger partial charge in [-0.3, -0.25) is 9.59 Å². The van der Waals surface area contributed by atoms with Crippen LogP contribution in [0.15, 0.2) is 0 Å². The van der Waals surface area contributed by atoms with Gasteiger partial charge in [-0.05, 0) is 33.6 Å². The zero-order valence-electron chi connectivity index (χ0n) is 11.5. The molecule has 4 heteroatoms. The maximum absolute atomic E-state index is 12.1. The van der Waals surface area contributed by atoms with Gasteiger partial charge in [0.1, 0.15) is 11.5 Å². The van der Waals surface area contributed by atoms with Gasteiger partial charge in [0.05, 0.1) is 12.0 Å². The van der Waals surface area contributed by atoms with E-state index >= 15 is 0 Å². The zero-order valence-corrected chi connectivity index (χ0v) is 11.5. The molecule has 0 radical (unpaired) electrons. The third kappa shape index (κ3) is 2.05. The Hall–Kier alpha value is -1.06. The Morgan fingerprint density at radius 2 is 1.94 bits per heavy atom. The molecule has 1 rings (SSSR count). The number of carbonyl (C=O) groups excluding carboxylic acids is 2. The first kappa shape index (κ1) is 14.0. The fourth-order valence-electron chi connectivity index (χ4n) is 2.43. The largest absolute Gasteiger partial charge is 0.466 e. The van der Waals surface area contributed by atoms with Gasteiger partial charge in [0.2, 0.25) is 0 Å². The van der Waals surface area contributed by atoms with Crippen LogP contribution in [0.2, 0.25) is 0 Å². The Morgan fingerprint density at radius 1 is 1.41 bits per heavy atom. The lowest BCUT2D eigenvalue weighted by Crippen LogP contribution is -2.46. The van der Waals surface area contributed by atoms with E-state index < -0.39 is 16.9 Å². The minimum atomic E-state index is -0.828. The SMILES string of the molecule is CCOC(=O)[C@H]1C(C)(C)C(=O)O[C@]1(C)C(C)C. The molecule has 2 atom stereocenters. The Morgan fingerprint density at radius 3 is 2.35 bits per heavy atom. The molecule has 0 amide bonds. The second kappa shape index (κ2) is 4.31. The lowest BCUT2D eigenvalue weighted by atomic mass is 9.69. The van der Waals surface area contributed by atoms with Crippen molar-refractivity contribution in [2.24, 2.45) is 17.3 Å².